The molecule has 0 saturated carbocycles. The number of phenolic OH excluding ortho intramolecular Hbond substituents is 1. The van der Waals surface area contributed by atoms with Gasteiger partial charge in [0.2, 0.25) is 0 Å². The third-order valence-corrected chi connectivity index (χ3v) is 5.75. The maximum Gasteiger partial charge on any atom is 0.171 e. The van der Waals surface area contributed by atoms with Crippen molar-refractivity contribution < 1.29 is 5.11 Å². The summed E-state index contributed by atoms with van der Waals surface area (Å²) in [5, 5.41) is 27.2. The van der Waals surface area contributed by atoms with Crippen molar-refractivity contribution in [2.45, 2.75) is 19.4 Å². The van der Waals surface area contributed by atoms with Crippen LogP contribution in [0.15, 0.2) is 70.3 Å². The van der Waals surface area contributed by atoms with Crippen LogP contribution in [0.4, 0.5) is 5.82 Å². The Morgan fingerprint density at radius 3 is 2.73 bits per heavy atom. The molecule has 2 N–H and O–H groups in total. The van der Waals surface area contributed by atoms with Gasteiger partial charge in [0.15, 0.2) is 5.82 Å². The van der Waals surface area contributed by atoms with Crippen LogP contribution < -0.4 is 5.32 Å². The Hall–Kier alpha value is -3.41. The van der Waals surface area contributed by atoms with Crippen molar-refractivity contribution in [1.82, 2.24) is 20.0 Å². The van der Waals surface area contributed by atoms with Gasteiger partial charge < -0.3 is 15.3 Å². The molecule has 1 aromatic heterocycles. The van der Waals surface area contributed by atoms with Gasteiger partial charge in [-0.25, -0.2) is 4.99 Å². The van der Waals surface area contributed by atoms with Gasteiger partial charge in [0.1, 0.15) is 11.6 Å². The summed E-state index contributed by atoms with van der Waals surface area (Å²) in [6, 6.07) is 17.2. The number of aromatic hydroxyl groups is 1. The average molecular weight is 507 g/mol. The lowest BCUT2D eigenvalue weighted by atomic mass is 10.1. The Balaban J connectivity index is 1.64. The number of phenols is 1. The van der Waals surface area contributed by atoms with Gasteiger partial charge in [0, 0.05) is 13.1 Å². The predicted octanol–water partition coefficient (Wildman–Crippen LogP) is 4.71. The second-order valence-corrected chi connectivity index (χ2v) is 8.45. The molecule has 0 atom stereocenters. The topological polar surface area (TPSA) is 89.5 Å². The van der Waals surface area contributed by atoms with Crippen LogP contribution in [0.5, 0.6) is 5.75 Å². The molecule has 0 amide bonds. The molecule has 170 valence electrons. The quantitative estimate of drug-likeness (QED) is 0.290. The minimum atomic E-state index is 0.260. The van der Waals surface area contributed by atoms with Crippen molar-refractivity contribution in [2.75, 3.05) is 20.1 Å². The minimum Gasteiger partial charge on any atom is -0.508 e. The van der Waals surface area contributed by atoms with Crippen molar-refractivity contribution in [2.24, 2.45) is 4.99 Å². The number of nitrogens with zero attached hydrogens (tertiary/aromatic N) is 5. The summed E-state index contributed by atoms with van der Waals surface area (Å²) in [5.41, 5.74) is 2.57. The van der Waals surface area contributed by atoms with E-state index in [1.54, 1.807) is 23.0 Å². The fraction of sp³-hybridized carbons (Fsp3) is 0.240. The Bertz CT molecular complexity index is 1160. The molecule has 0 aliphatic heterocycles. The molecule has 0 aliphatic rings. The number of hydrogen-bond acceptors (Lipinski definition) is 6. The van der Waals surface area contributed by atoms with Gasteiger partial charge >= 0.3 is 0 Å². The van der Waals surface area contributed by atoms with E-state index in [0.717, 1.165) is 40.9 Å². The number of rotatable bonds is 11. The lowest BCUT2D eigenvalue weighted by Crippen LogP contribution is -2.25. The van der Waals surface area contributed by atoms with Crippen molar-refractivity contribution in [3.63, 3.8) is 0 Å². The lowest BCUT2D eigenvalue weighted by molar-refractivity contribution is 0.321. The Labute approximate surface area is 202 Å². The standard InChI is InChI=1S/C25H27BrN6O/c1-28-25-22(26)17-30-32(25)24(13-12-19-8-5-6-11-23(19)33)29-14-7-15-31(2)18-21-10-4-3-9-20(21)16-27/h3-6,8-11,13,17,29,33H,1,7,12,14-15,18H2,2H3/b24-13-. The molecular formula is C25H27BrN6O. The van der Waals surface area contributed by atoms with E-state index < -0.39 is 0 Å². The largest absolute Gasteiger partial charge is 0.508 e. The Morgan fingerprint density at radius 1 is 1.27 bits per heavy atom. The predicted molar refractivity (Wildman–Crippen MR) is 135 cm³/mol. The molecule has 2 aromatic carbocycles. The van der Waals surface area contributed by atoms with Crippen molar-refractivity contribution in [3.8, 4) is 11.8 Å². The van der Waals surface area contributed by atoms with Crippen molar-refractivity contribution in [3.05, 3.63) is 82.0 Å². The highest BCUT2D eigenvalue weighted by Gasteiger charge is 2.12. The number of aliphatic imine (C=N–C) groups is 1. The van der Waals surface area contributed by atoms with Crippen LogP contribution in [-0.4, -0.2) is 46.6 Å². The third kappa shape index (κ3) is 6.54. The maximum atomic E-state index is 10.1. The van der Waals surface area contributed by atoms with Crippen molar-refractivity contribution in [1.29, 1.82) is 5.26 Å². The monoisotopic (exact) mass is 506 g/mol. The number of nitriles is 1. The molecule has 0 fully saturated rings. The van der Waals surface area contributed by atoms with E-state index in [9.17, 15) is 10.4 Å². The number of aromatic nitrogens is 2. The number of para-hydroxylation sites is 1. The first kappa shape index (κ1) is 24.2. The molecule has 3 rings (SSSR count). The molecule has 1 heterocycles. The van der Waals surface area contributed by atoms with Crippen LogP contribution in [0.3, 0.4) is 0 Å². The fourth-order valence-electron chi connectivity index (χ4n) is 3.47. The molecule has 0 bridgehead atoms. The zero-order chi connectivity index (χ0) is 23.6. The third-order valence-electron chi connectivity index (χ3n) is 5.19. The van der Waals surface area contributed by atoms with E-state index in [1.165, 1.54) is 0 Å². The van der Waals surface area contributed by atoms with Gasteiger partial charge in [0.05, 0.1) is 22.3 Å². The highest BCUT2D eigenvalue weighted by atomic mass is 79.9. The fourth-order valence-corrected chi connectivity index (χ4v) is 3.85. The number of hydrogen-bond donors (Lipinski definition) is 2. The van der Waals surface area contributed by atoms with E-state index in [1.807, 2.05) is 49.5 Å². The van der Waals surface area contributed by atoms with Crippen LogP contribution in [0, 0.1) is 11.3 Å². The minimum absolute atomic E-state index is 0.260. The first-order chi connectivity index (χ1) is 16.0. The maximum absolute atomic E-state index is 10.1. The molecule has 33 heavy (non-hydrogen) atoms. The molecule has 0 radical (unpaired) electrons. The molecule has 3 aromatic rings. The molecule has 0 aliphatic carbocycles. The smallest absolute Gasteiger partial charge is 0.171 e. The van der Waals surface area contributed by atoms with Gasteiger partial charge in [-0.3, -0.25) is 0 Å². The molecule has 0 unspecified atom stereocenters. The highest BCUT2D eigenvalue weighted by Crippen LogP contribution is 2.27. The van der Waals surface area contributed by atoms with E-state index in [4.69, 9.17) is 0 Å². The zero-order valence-corrected chi connectivity index (χ0v) is 20.2. The van der Waals surface area contributed by atoms with Gasteiger partial charge in [-0.2, -0.15) is 15.0 Å². The van der Waals surface area contributed by atoms with Crippen LogP contribution in [-0.2, 0) is 13.0 Å². The number of allylic oxidation sites excluding steroid dienone is 1. The number of halogens is 1. The highest BCUT2D eigenvalue weighted by molar-refractivity contribution is 9.10. The summed E-state index contributed by atoms with van der Waals surface area (Å²) in [6.07, 6.45) is 5.09. The number of nitrogens with one attached hydrogen (secondary N) is 1. The summed E-state index contributed by atoms with van der Waals surface area (Å²) in [7, 11) is 2.05. The molecular weight excluding hydrogens is 480 g/mol. The Kier molecular flexibility index (Phi) is 8.81. The SMILES string of the molecule is C=Nc1c(Br)cnn1/C(=C\Cc1ccccc1O)NCCCN(C)Cc1ccccc1C#N. The van der Waals surface area contributed by atoms with Gasteiger partial charge in [-0.05, 0) is 78.4 Å². The van der Waals surface area contributed by atoms with Crippen LogP contribution in [0.2, 0.25) is 0 Å². The van der Waals surface area contributed by atoms with E-state index in [2.05, 4.69) is 49.0 Å². The summed E-state index contributed by atoms with van der Waals surface area (Å²) < 4.78 is 2.45. The number of benzene rings is 2. The summed E-state index contributed by atoms with van der Waals surface area (Å²) in [6.45, 7) is 5.94. The van der Waals surface area contributed by atoms with E-state index >= 15 is 0 Å². The van der Waals surface area contributed by atoms with Crippen LogP contribution >= 0.6 is 15.9 Å². The normalized spacial score (nSPS) is 11.4. The second-order valence-electron chi connectivity index (χ2n) is 7.60. The first-order valence-electron chi connectivity index (χ1n) is 10.6. The summed E-state index contributed by atoms with van der Waals surface area (Å²) in [5.74, 6) is 1.64. The van der Waals surface area contributed by atoms with Crippen LogP contribution in [0.1, 0.15) is 23.1 Å². The van der Waals surface area contributed by atoms with E-state index in [0.29, 0.717) is 24.3 Å². The summed E-state index contributed by atoms with van der Waals surface area (Å²) >= 11 is 3.46. The van der Waals surface area contributed by atoms with Gasteiger partial charge in [-0.15, -0.1) is 0 Å². The van der Waals surface area contributed by atoms with Gasteiger partial charge in [0.25, 0.3) is 0 Å². The first-order valence-corrected chi connectivity index (χ1v) is 11.4. The molecule has 7 nitrogen and oxygen atoms in total. The summed E-state index contributed by atoms with van der Waals surface area (Å²) in [4.78, 5) is 6.28. The lowest BCUT2D eigenvalue weighted by Gasteiger charge is -2.18. The molecule has 8 heteroatoms. The zero-order valence-electron chi connectivity index (χ0n) is 18.6. The Morgan fingerprint density at radius 2 is 2.00 bits per heavy atom. The van der Waals surface area contributed by atoms with Crippen LogP contribution in [0.25, 0.3) is 5.82 Å². The average Bonchev–Trinajstić information content (AvgIpc) is 3.20. The van der Waals surface area contributed by atoms with Crippen molar-refractivity contribution >= 4 is 34.3 Å². The van der Waals surface area contributed by atoms with E-state index in [-0.39, 0.29) is 5.75 Å². The van der Waals surface area contributed by atoms with Gasteiger partial charge in [-0.1, -0.05) is 36.4 Å². The molecule has 0 saturated heterocycles. The second kappa shape index (κ2) is 12.0. The molecule has 0 spiro atoms.